The second kappa shape index (κ2) is 6.04. The summed E-state index contributed by atoms with van der Waals surface area (Å²) in [5, 5.41) is 12.7. The lowest BCUT2D eigenvalue weighted by molar-refractivity contribution is 0.0696. The lowest BCUT2D eigenvalue weighted by Gasteiger charge is -2.24. The zero-order valence-corrected chi connectivity index (χ0v) is 13.4. The van der Waals surface area contributed by atoms with Crippen LogP contribution in [0.2, 0.25) is 0 Å². The van der Waals surface area contributed by atoms with Crippen molar-refractivity contribution < 1.29 is 9.90 Å². The van der Waals surface area contributed by atoms with Crippen molar-refractivity contribution in [3.63, 3.8) is 0 Å². The van der Waals surface area contributed by atoms with Crippen molar-refractivity contribution in [2.24, 2.45) is 5.92 Å². The molecule has 1 unspecified atom stereocenters. The number of pyridine rings is 1. The number of hydrogen-bond donors (Lipinski definition) is 2. The molecule has 4 nitrogen and oxygen atoms in total. The predicted octanol–water partition coefficient (Wildman–Crippen LogP) is 4.07. The summed E-state index contributed by atoms with van der Waals surface area (Å²) < 4.78 is 0. The van der Waals surface area contributed by atoms with Crippen LogP contribution in [0, 0.1) is 5.92 Å². The first-order chi connectivity index (χ1) is 9.77. The van der Waals surface area contributed by atoms with Gasteiger partial charge in [-0.2, -0.15) is 0 Å². The maximum absolute atomic E-state index is 11.3. The van der Waals surface area contributed by atoms with Crippen molar-refractivity contribution in [3.05, 3.63) is 23.4 Å². The van der Waals surface area contributed by atoms with Gasteiger partial charge in [-0.1, -0.05) is 33.6 Å². The number of nitrogens with zero attached hydrogens (tertiary/aromatic N) is 1. The number of aromatic nitrogens is 1. The van der Waals surface area contributed by atoms with E-state index in [-0.39, 0.29) is 5.41 Å². The quantitative estimate of drug-likeness (QED) is 0.877. The molecule has 0 bridgehead atoms. The summed E-state index contributed by atoms with van der Waals surface area (Å²) >= 11 is 0. The third-order valence-corrected chi connectivity index (χ3v) is 4.32. The Balaban J connectivity index is 2.25. The molecule has 0 spiro atoms. The van der Waals surface area contributed by atoms with Gasteiger partial charge in [-0.05, 0) is 37.8 Å². The third kappa shape index (κ3) is 3.96. The molecule has 0 radical (unpaired) electrons. The highest BCUT2D eigenvalue weighted by molar-refractivity contribution is 5.88. The van der Waals surface area contributed by atoms with E-state index >= 15 is 0 Å². The number of carboxylic acid groups (broad SMARTS) is 1. The average Bonchev–Trinajstić information content (AvgIpc) is 2.91. The topological polar surface area (TPSA) is 62.2 Å². The number of carboxylic acids is 1. The van der Waals surface area contributed by atoms with Crippen LogP contribution in [0.5, 0.6) is 0 Å². The number of nitrogens with one attached hydrogen (secondary N) is 1. The van der Waals surface area contributed by atoms with E-state index in [1.165, 1.54) is 25.7 Å². The van der Waals surface area contributed by atoms with E-state index in [4.69, 9.17) is 0 Å². The van der Waals surface area contributed by atoms with Crippen LogP contribution in [0.25, 0.3) is 0 Å². The summed E-state index contributed by atoms with van der Waals surface area (Å²) in [4.78, 5) is 15.9. The second-order valence-corrected chi connectivity index (χ2v) is 7.16. The molecule has 0 aromatic carbocycles. The highest BCUT2D eigenvalue weighted by atomic mass is 16.4. The van der Waals surface area contributed by atoms with E-state index < -0.39 is 5.97 Å². The number of carbonyl (C=O) groups is 1. The smallest absolute Gasteiger partial charge is 0.335 e. The fourth-order valence-electron chi connectivity index (χ4n) is 2.92. The maximum atomic E-state index is 11.3. The molecule has 1 aliphatic carbocycles. The van der Waals surface area contributed by atoms with E-state index in [2.05, 4.69) is 17.2 Å². The Kier molecular flexibility index (Phi) is 4.55. The van der Waals surface area contributed by atoms with E-state index in [9.17, 15) is 9.90 Å². The van der Waals surface area contributed by atoms with Crippen molar-refractivity contribution >= 4 is 11.8 Å². The minimum absolute atomic E-state index is 0.168. The summed E-state index contributed by atoms with van der Waals surface area (Å²) in [6.07, 6.45) is 5.09. The molecule has 1 aromatic rings. The Hall–Kier alpha value is -1.58. The molecule has 0 amide bonds. The number of aromatic carboxylic acids is 1. The summed E-state index contributed by atoms with van der Waals surface area (Å²) in [5.74, 6) is 0.442. The fourth-order valence-corrected chi connectivity index (χ4v) is 2.92. The van der Waals surface area contributed by atoms with E-state index in [0.717, 1.165) is 5.69 Å². The van der Waals surface area contributed by atoms with Gasteiger partial charge in [0, 0.05) is 17.2 Å². The van der Waals surface area contributed by atoms with E-state index in [1.54, 1.807) is 12.1 Å². The summed E-state index contributed by atoms with van der Waals surface area (Å²) in [6, 6.07) is 3.65. The molecule has 1 heterocycles. The average molecular weight is 290 g/mol. The molecule has 4 heteroatoms. The van der Waals surface area contributed by atoms with E-state index in [1.807, 2.05) is 20.8 Å². The highest BCUT2D eigenvalue weighted by Crippen LogP contribution is 2.30. The van der Waals surface area contributed by atoms with Crippen LogP contribution in [0.4, 0.5) is 5.82 Å². The van der Waals surface area contributed by atoms with Gasteiger partial charge in [0.15, 0.2) is 0 Å². The normalized spacial score (nSPS) is 17.7. The number of hydrogen-bond acceptors (Lipinski definition) is 3. The molecule has 1 atom stereocenters. The summed E-state index contributed by atoms with van der Waals surface area (Å²) in [5.41, 5.74) is 0.943. The maximum Gasteiger partial charge on any atom is 0.335 e. The second-order valence-electron chi connectivity index (χ2n) is 7.16. The van der Waals surface area contributed by atoms with Gasteiger partial charge in [0.2, 0.25) is 0 Å². The number of rotatable bonds is 4. The minimum atomic E-state index is -0.903. The van der Waals surface area contributed by atoms with Crippen molar-refractivity contribution in [1.29, 1.82) is 0 Å². The lowest BCUT2D eigenvalue weighted by Crippen LogP contribution is -2.25. The molecule has 0 aliphatic heterocycles. The number of anilines is 1. The molecule has 0 saturated heterocycles. The Morgan fingerprint density at radius 2 is 1.95 bits per heavy atom. The lowest BCUT2D eigenvalue weighted by atomic mass is 9.90. The molecular weight excluding hydrogens is 264 g/mol. The van der Waals surface area contributed by atoms with Gasteiger partial charge in [-0.15, -0.1) is 0 Å². The van der Waals surface area contributed by atoms with Gasteiger partial charge in [0.25, 0.3) is 0 Å². The van der Waals surface area contributed by atoms with Crippen molar-refractivity contribution in [1.82, 2.24) is 4.98 Å². The first-order valence-corrected chi connectivity index (χ1v) is 7.80. The van der Waals surface area contributed by atoms with Crippen molar-refractivity contribution in [2.75, 3.05) is 5.32 Å². The van der Waals surface area contributed by atoms with Gasteiger partial charge in [-0.3, -0.25) is 0 Å². The molecule has 1 aliphatic rings. The predicted molar refractivity (Wildman–Crippen MR) is 84.9 cm³/mol. The van der Waals surface area contributed by atoms with Crippen molar-refractivity contribution in [2.45, 2.75) is 64.8 Å². The van der Waals surface area contributed by atoms with Gasteiger partial charge in [-0.25, -0.2) is 9.78 Å². The first kappa shape index (κ1) is 15.8. The molecule has 116 valence electrons. The molecular formula is C17H26N2O2. The standard InChI is InChI=1S/C17H26N2O2/c1-11(12-7-5-6-8-12)18-15-10-13(16(20)21)9-14(19-15)17(2,3)4/h9-12H,5-8H2,1-4H3,(H,18,19)(H,20,21). The highest BCUT2D eigenvalue weighted by Gasteiger charge is 2.23. The zero-order valence-electron chi connectivity index (χ0n) is 13.4. The van der Waals surface area contributed by atoms with Crippen molar-refractivity contribution in [3.8, 4) is 0 Å². The Morgan fingerprint density at radius 1 is 1.33 bits per heavy atom. The fraction of sp³-hybridized carbons (Fsp3) is 0.647. The summed E-state index contributed by atoms with van der Waals surface area (Å²) in [7, 11) is 0. The van der Waals surface area contributed by atoms with Crippen LogP contribution < -0.4 is 5.32 Å². The van der Waals surface area contributed by atoms with Gasteiger partial charge >= 0.3 is 5.97 Å². The summed E-state index contributed by atoms with van der Waals surface area (Å²) in [6.45, 7) is 8.31. The van der Waals surface area contributed by atoms with Crippen LogP contribution in [0.3, 0.4) is 0 Å². The van der Waals surface area contributed by atoms with Crippen LogP contribution in [0.1, 0.15) is 69.4 Å². The van der Waals surface area contributed by atoms with Crippen LogP contribution in [-0.4, -0.2) is 22.1 Å². The largest absolute Gasteiger partial charge is 0.478 e. The van der Waals surface area contributed by atoms with E-state index in [0.29, 0.717) is 23.3 Å². The molecule has 2 rings (SSSR count). The van der Waals surface area contributed by atoms with Gasteiger partial charge in [0.05, 0.1) is 5.56 Å². The molecule has 1 fully saturated rings. The Labute approximate surface area is 127 Å². The van der Waals surface area contributed by atoms with Crippen LogP contribution in [0.15, 0.2) is 12.1 Å². The Bertz CT molecular complexity index is 514. The monoisotopic (exact) mass is 290 g/mol. The molecule has 2 N–H and O–H groups in total. The SMILES string of the molecule is CC(Nc1cc(C(=O)O)cc(C(C)(C)C)n1)C1CCCC1. The van der Waals surface area contributed by atoms with Gasteiger partial charge in [0.1, 0.15) is 5.82 Å². The molecule has 1 saturated carbocycles. The van der Waals surface area contributed by atoms with Crippen LogP contribution >= 0.6 is 0 Å². The third-order valence-electron chi connectivity index (χ3n) is 4.32. The van der Waals surface area contributed by atoms with Crippen LogP contribution in [-0.2, 0) is 5.41 Å². The Morgan fingerprint density at radius 3 is 2.48 bits per heavy atom. The zero-order chi connectivity index (χ0) is 15.6. The molecule has 1 aromatic heterocycles. The van der Waals surface area contributed by atoms with Gasteiger partial charge < -0.3 is 10.4 Å². The first-order valence-electron chi connectivity index (χ1n) is 7.80. The minimum Gasteiger partial charge on any atom is -0.478 e. The molecule has 21 heavy (non-hydrogen) atoms.